The molecular weight excluding hydrogens is 288 g/mol. The van der Waals surface area contributed by atoms with Gasteiger partial charge in [0.15, 0.2) is 9.84 Å². The number of carbonyl (C=O) groups is 1. The predicted octanol–water partition coefficient (Wildman–Crippen LogP) is 2.97. The minimum atomic E-state index is -3.12. The molecule has 2 unspecified atom stereocenters. The number of esters is 1. The molecule has 2 rings (SSSR count). The second-order valence-electron chi connectivity index (χ2n) is 5.89. The Morgan fingerprint density at radius 2 is 1.90 bits per heavy atom. The van der Waals surface area contributed by atoms with Gasteiger partial charge in [-0.2, -0.15) is 0 Å². The number of carbonyl (C=O) groups excluding carboxylic acids is 1. The van der Waals surface area contributed by atoms with E-state index in [0.29, 0.717) is 11.5 Å². The molecule has 21 heavy (non-hydrogen) atoms. The molecule has 0 spiro atoms. The maximum atomic E-state index is 12.5. The van der Waals surface area contributed by atoms with Gasteiger partial charge in [-0.3, -0.25) is 0 Å². The third kappa shape index (κ3) is 4.06. The first-order valence-electron chi connectivity index (χ1n) is 7.31. The second kappa shape index (κ2) is 6.60. The lowest BCUT2D eigenvalue weighted by molar-refractivity contribution is 0.0600. The van der Waals surface area contributed by atoms with Crippen LogP contribution in [0.4, 0.5) is 0 Å². The van der Waals surface area contributed by atoms with E-state index in [1.807, 2.05) is 0 Å². The minimum absolute atomic E-state index is 0.0475. The fourth-order valence-electron chi connectivity index (χ4n) is 2.91. The molecule has 1 aromatic carbocycles. The van der Waals surface area contributed by atoms with Gasteiger partial charge in [-0.1, -0.05) is 31.9 Å². The van der Waals surface area contributed by atoms with Crippen LogP contribution in [0.15, 0.2) is 24.3 Å². The lowest BCUT2D eigenvalue weighted by Crippen LogP contribution is -2.28. The zero-order valence-corrected chi connectivity index (χ0v) is 13.4. The van der Waals surface area contributed by atoms with Gasteiger partial charge in [-0.25, -0.2) is 13.2 Å². The van der Waals surface area contributed by atoms with Crippen molar-refractivity contribution in [1.29, 1.82) is 0 Å². The molecule has 0 heterocycles. The highest BCUT2D eigenvalue weighted by molar-refractivity contribution is 7.91. The van der Waals surface area contributed by atoms with Crippen molar-refractivity contribution in [2.45, 2.75) is 43.6 Å². The van der Waals surface area contributed by atoms with Crippen molar-refractivity contribution in [1.82, 2.24) is 0 Å². The standard InChI is InChI=1S/C16H22O4S/c1-12-4-3-5-15(10-12)21(18,19)11-13-6-8-14(9-7-13)16(17)20-2/h6-9,12,15H,3-5,10-11H2,1-2H3. The molecule has 0 N–H and O–H groups in total. The number of ether oxygens (including phenoxy) is 1. The highest BCUT2D eigenvalue weighted by atomic mass is 32.2. The van der Waals surface area contributed by atoms with Crippen LogP contribution in [0.3, 0.4) is 0 Å². The van der Waals surface area contributed by atoms with Gasteiger partial charge in [0.25, 0.3) is 0 Å². The van der Waals surface area contributed by atoms with Crippen molar-refractivity contribution in [2.75, 3.05) is 7.11 Å². The Balaban J connectivity index is 2.08. The second-order valence-corrected chi connectivity index (χ2v) is 8.17. The first kappa shape index (κ1) is 16.0. The molecule has 5 heteroatoms. The van der Waals surface area contributed by atoms with Crippen LogP contribution in [0.25, 0.3) is 0 Å². The van der Waals surface area contributed by atoms with Gasteiger partial charge in [-0.15, -0.1) is 0 Å². The lowest BCUT2D eigenvalue weighted by atomic mass is 9.91. The maximum absolute atomic E-state index is 12.5. The Bertz CT molecular complexity index is 589. The number of sulfone groups is 1. The maximum Gasteiger partial charge on any atom is 0.337 e. The van der Waals surface area contributed by atoms with Crippen molar-refractivity contribution < 1.29 is 17.9 Å². The molecular formula is C16H22O4S. The molecule has 0 saturated heterocycles. The highest BCUT2D eigenvalue weighted by Gasteiger charge is 2.30. The summed E-state index contributed by atoms with van der Waals surface area (Å²) in [6, 6.07) is 6.60. The van der Waals surface area contributed by atoms with Crippen LogP contribution in [0.2, 0.25) is 0 Å². The van der Waals surface area contributed by atoms with Crippen LogP contribution in [0, 0.1) is 5.92 Å². The summed E-state index contributed by atoms with van der Waals surface area (Å²) in [4.78, 5) is 11.4. The van der Waals surface area contributed by atoms with E-state index in [0.717, 1.165) is 31.2 Å². The molecule has 2 atom stereocenters. The van der Waals surface area contributed by atoms with Gasteiger partial charge in [0.1, 0.15) is 0 Å². The van der Waals surface area contributed by atoms with E-state index in [1.54, 1.807) is 24.3 Å². The van der Waals surface area contributed by atoms with Crippen LogP contribution in [0.5, 0.6) is 0 Å². The van der Waals surface area contributed by atoms with E-state index >= 15 is 0 Å². The molecule has 1 saturated carbocycles. The summed E-state index contributed by atoms with van der Waals surface area (Å²) in [6.45, 7) is 2.12. The Hall–Kier alpha value is -1.36. The van der Waals surface area contributed by atoms with Gasteiger partial charge in [0.05, 0.1) is 23.7 Å². The van der Waals surface area contributed by atoms with E-state index in [-0.39, 0.29) is 11.0 Å². The van der Waals surface area contributed by atoms with E-state index in [4.69, 9.17) is 0 Å². The van der Waals surface area contributed by atoms with Crippen molar-refractivity contribution in [3.05, 3.63) is 35.4 Å². The summed E-state index contributed by atoms with van der Waals surface area (Å²) in [5.74, 6) is 0.122. The van der Waals surface area contributed by atoms with Crippen LogP contribution in [-0.2, 0) is 20.3 Å². The summed E-state index contributed by atoms with van der Waals surface area (Å²) in [6.07, 6.45) is 3.65. The number of benzene rings is 1. The number of rotatable bonds is 4. The van der Waals surface area contributed by atoms with Gasteiger partial charge in [-0.05, 0) is 36.5 Å². The van der Waals surface area contributed by atoms with Gasteiger partial charge < -0.3 is 4.74 Å². The zero-order valence-electron chi connectivity index (χ0n) is 12.5. The molecule has 0 aliphatic heterocycles. The predicted molar refractivity (Wildman–Crippen MR) is 81.8 cm³/mol. The Morgan fingerprint density at radius 3 is 2.48 bits per heavy atom. The average molecular weight is 310 g/mol. The van der Waals surface area contributed by atoms with Crippen molar-refractivity contribution >= 4 is 15.8 Å². The molecule has 4 nitrogen and oxygen atoms in total. The molecule has 116 valence electrons. The Kier molecular flexibility index (Phi) is 5.04. The SMILES string of the molecule is COC(=O)c1ccc(CS(=O)(=O)C2CCCC(C)C2)cc1. The highest BCUT2D eigenvalue weighted by Crippen LogP contribution is 2.30. The van der Waals surface area contributed by atoms with Crippen LogP contribution < -0.4 is 0 Å². The third-order valence-corrected chi connectivity index (χ3v) is 6.32. The molecule has 0 amide bonds. The number of hydrogen-bond donors (Lipinski definition) is 0. The molecule has 0 aromatic heterocycles. The largest absolute Gasteiger partial charge is 0.465 e. The van der Waals surface area contributed by atoms with Crippen molar-refractivity contribution in [2.24, 2.45) is 5.92 Å². The summed E-state index contributed by atoms with van der Waals surface area (Å²) in [5.41, 5.74) is 1.16. The number of methoxy groups -OCH3 is 1. The molecule has 1 aliphatic rings. The van der Waals surface area contributed by atoms with Gasteiger partial charge >= 0.3 is 5.97 Å². The van der Waals surface area contributed by atoms with Crippen LogP contribution in [-0.4, -0.2) is 26.7 Å². The smallest absolute Gasteiger partial charge is 0.337 e. The first-order chi connectivity index (χ1) is 9.92. The molecule has 1 aliphatic carbocycles. The van der Waals surface area contributed by atoms with Crippen LogP contribution in [0.1, 0.15) is 48.5 Å². The van der Waals surface area contributed by atoms with Gasteiger partial charge in [0, 0.05) is 0 Å². The van der Waals surface area contributed by atoms with Gasteiger partial charge in [0.2, 0.25) is 0 Å². The molecule has 1 fully saturated rings. The van der Waals surface area contributed by atoms with Crippen molar-refractivity contribution in [3.63, 3.8) is 0 Å². The quantitative estimate of drug-likeness (QED) is 0.802. The summed E-state index contributed by atoms with van der Waals surface area (Å²) in [5, 5.41) is -0.221. The van der Waals surface area contributed by atoms with E-state index < -0.39 is 15.8 Å². The molecule has 1 aromatic rings. The topological polar surface area (TPSA) is 60.4 Å². The summed E-state index contributed by atoms with van der Waals surface area (Å²) in [7, 11) is -1.80. The average Bonchev–Trinajstić information content (AvgIpc) is 2.47. The monoisotopic (exact) mass is 310 g/mol. The van der Waals surface area contributed by atoms with Crippen molar-refractivity contribution in [3.8, 4) is 0 Å². The van der Waals surface area contributed by atoms with Crippen LogP contribution >= 0.6 is 0 Å². The fraction of sp³-hybridized carbons (Fsp3) is 0.562. The minimum Gasteiger partial charge on any atom is -0.465 e. The number of hydrogen-bond acceptors (Lipinski definition) is 4. The van der Waals surface area contributed by atoms with E-state index in [2.05, 4.69) is 11.7 Å². The molecule has 0 bridgehead atoms. The summed E-state index contributed by atoms with van der Waals surface area (Å²) < 4.78 is 29.6. The van der Waals surface area contributed by atoms with E-state index in [1.165, 1.54) is 7.11 Å². The lowest BCUT2D eigenvalue weighted by Gasteiger charge is -2.26. The first-order valence-corrected chi connectivity index (χ1v) is 9.02. The third-order valence-electron chi connectivity index (χ3n) is 4.14. The molecule has 0 radical (unpaired) electrons. The Morgan fingerprint density at radius 1 is 1.24 bits per heavy atom. The summed E-state index contributed by atoms with van der Waals surface area (Å²) >= 11 is 0. The zero-order chi connectivity index (χ0) is 15.5. The fourth-order valence-corrected chi connectivity index (χ4v) is 4.95. The Labute approximate surface area is 126 Å². The normalized spacial score (nSPS) is 22.8. The van der Waals surface area contributed by atoms with E-state index in [9.17, 15) is 13.2 Å².